The topological polar surface area (TPSA) is 49.8 Å². The highest BCUT2D eigenvalue weighted by molar-refractivity contribution is 5.78. The van der Waals surface area contributed by atoms with Gasteiger partial charge in [0.25, 0.3) is 0 Å². The molecule has 1 aliphatic carbocycles. The van der Waals surface area contributed by atoms with Crippen LogP contribution in [-0.2, 0) is 11.2 Å². The summed E-state index contributed by atoms with van der Waals surface area (Å²) < 4.78 is 18.4. The molecule has 0 bridgehead atoms. The maximum Gasteiger partial charge on any atom is 0.226 e. The minimum absolute atomic E-state index is 0.0454. The first-order valence-corrected chi connectivity index (χ1v) is 6.74. The lowest BCUT2D eigenvalue weighted by molar-refractivity contribution is -0.130. The average Bonchev–Trinajstić information content (AvgIpc) is 2.37. The van der Waals surface area contributed by atoms with Gasteiger partial charge in [-0.1, -0.05) is 6.07 Å². The van der Waals surface area contributed by atoms with E-state index in [1.807, 2.05) is 0 Å². The fraction of sp³-hybridized carbons (Fsp3) is 0.533. The van der Waals surface area contributed by atoms with Crippen molar-refractivity contribution >= 4 is 5.91 Å². The largest absolute Gasteiger partial charge is 0.494 e. The average molecular weight is 281 g/mol. The molecule has 0 aliphatic heterocycles. The quantitative estimate of drug-likeness (QED) is 0.892. The Morgan fingerprint density at radius 3 is 2.75 bits per heavy atom. The predicted molar refractivity (Wildman–Crippen MR) is 73.0 cm³/mol. The van der Waals surface area contributed by atoms with Crippen LogP contribution in [0.15, 0.2) is 18.2 Å². The summed E-state index contributed by atoms with van der Waals surface area (Å²) >= 11 is 0. The van der Waals surface area contributed by atoms with Gasteiger partial charge in [-0.3, -0.25) is 4.79 Å². The van der Waals surface area contributed by atoms with Crippen LogP contribution in [0.3, 0.4) is 0 Å². The van der Waals surface area contributed by atoms with Crippen LogP contribution >= 0.6 is 0 Å². The van der Waals surface area contributed by atoms with Crippen LogP contribution in [0.1, 0.15) is 18.4 Å². The van der Waals surface area contributed by atoms with Gasteiger partial charge in [0.2, 0.25) is 5.91 Å². The molecule has 0 radical (unpaired) electrons. The Morgan fingerprint density at radius 1 is 1.50 bits per heavy atom. The molecule has 0 saturated heterocycles. The van der Waals surface area contributed by atoms with Gasteiger partial charge in [0.05, 0.1) is 19.6 Å². The van der Waals surface area contributed by atoms with Gasteiger partial charge in [-0.15, -0.1) is 0 Å². The number of likely N-dealkylation sites (N-methyl/N-ethyl adjacent to an activating group) is 1. The van der Waals surface area contributed by atoms with Gasteiger partial charge in [-0.2, -0.15) is 0 Å². The number of rotatable bonds is 5. The fourth-order valence-electron chi connectivity index (χ4n) is 2.47. The third-order valence-electron chi connectivity index (χ3n) is 3.74. The van der Waals surface area contributed by atoms with Gasteiger partial charge in [0.15, 0.2) is 11.6 Å². The molecule has 1 amide bonds. The summed E-state index contributed by atoms with van der Waals surface area (Å²) in [5.74, 6) is 0.0584. The highest BCUT2D eigenvalue weighted by atomic mass is 19.1. The number of amides is 1. The SMILES string of the molecule is COc1ccc(CC(=O)N(C)CC2CC(O)C2)cc1F. The number of carbonyl (C=O) groups excluding carboxylic acids is 1. The first kappa shape index (κ1) is 14.8. The predicted octanol–water partition coefficient (Wildman–Crippen LogP) is 1.61. The van der Waals surface area contributed by atoms with Crippen molar-refractivity contribution in [3.05, 3.63) is 29.6 Å². The summed E-state index contributed by atoms with van der Waals surface area (Å²) in [5, 5.41) is 9.23. The number of ether oxygens (including phenoxy) is 1. The Bertz CT molecular complexity index is 486. The standard InChI is InChI=1S/C15H20FNO3/c1-17(9-11-5-12(18)6-11)15(19)8-10-3-4-14(20-2)13(16)7-10/h3-4,7,11-12,18H,5-6,8-9H2,1-2H3. The van der Waals surface area contributed by atoms with Crippen LogP contribution in [-0.4, -0.2) is 42.7 Å². The van der Waals surface area contributed by atoms with Crippen molar-refractivity contribution < 1.29 is 19.0 Å². The molecule has 0 spiro atoms. The van der Waals surface area contributed by atoms with E-state index in [9.17, 15) is 14.3 Å². The lowest BCUT2D eigenvalue weighted by Gasteiger charge is -2.34. The molecule has 0 atom stereocenters. The summed E-state index contributed by atoms with van der Waals surface area (Å²) in [6.07, 6.45) is 1.48. The number of aliphatic hydroxyl groups is 1. The lowest BCUT2D eigenvalue weighted by atomic mass is 9.82. The molecule has 1 aliphatic rings. The molecule has 110 valence electrons. The monoisotopic (exact) mass is 281 g/mol. The summed E-state index contributed by atoms with van der Waals surface area (Å²) in [7, 11) is 3.15. The van der Waals surface area contributed by atoms with Crippen molar-refractivity contribution in [1.29, 1.82) is 0 Å². The van der Waals surface area contributed by atoms with Crippen molar-refractivity contribution in [2.45, 2.75) is 25.4 Å². The Kier molecular flexibility index (Phi) is 4.60. The van der Waals surface area contributed by atoms with Crippen LogP contribution in [0.5, 0.6) is 5.75 Å². The Labute approximate surface area is 118 Å². The third-order valence-corrected chi connectivity index (χ3v) is 3.74. The second-order valence-electron chi connectivity index (χ2n) is 5.41. The molecule has 0 aromatic heterocycles. The third kappa shape index (κ3) is 3.48. The Balaban J connectivity index is 1.88. The Hall–Kier alpha value is -1.62. The van der Waals surface area contributed by atoms with E-state index in [0.29, 0.717) is 18.0 Å². The summed E-state index contributed by atoms with van der Waals surface area (Å²) in [6, 6.07) is 4.55. The molecule has 1 saturated carbocycles. The van der Waals surface area contributed by atoms with Crippen LogP contribution in [0.25, 0.3) is 0 Å². The minimum Gasteiger partial charge on any atom is -0.494 e. The molecular weight excluding hydrogens is 261 g/mol. The zero-order valence-electron chi connectivity index (χ0n) is 11.8. The zero-order valence-corrected chi connectivity index (χ0v) is 11.8. The minimum atomic E-state index is -0.456. The summed E-state index contributed by atoms with van der Waals surface area (Å²) in [5.41, 5.74) is 0.633. The number of benzene rings is 1. The number of halogens is 1. The van der Waals surface area contributed by atoms with E-state index in [1.54, 1.807) is 18.0 Å². The second kappa shape index (κ2) is 6.22. The van der Waals surface area contributed by atoms with Crippen LogP contribution in [0.4, 0.5) is 4.39 Å². The molecule has 0 heterocycles. The maximum absolute atomic E-state index is 13.5. The molecule has 0 unspecified atom stereocenters. The highest BCUT2D eigenvalue weighted by Crippen LogP contribution is 2.27. The van der Waals surface area contributed by atoms with Gasteiger partial charge >= 0.3 is 0 Å². The van der Waals surface area contributed by atoms with Gasteiger partial charge in [0, 0.05) is 13.6 Å². The first-order valence-electron chi connectivity index (χ1n) is 6.74. The highest BCUT2D eigenvalue weighted by Gasteiger charge is 2.29. The van der Waals surface area contributed by atoms with E-state index >= 15 is 0 Å². The van der Waals surface area contributed by atoms with Crippen LogP contribution in [0, 0.1) is 11.7 Å². The molecule has 4 nitrogen and oxygen atoms in total. The van der Waals surface area contributed by atoms with Gasteiger partial charge in [0.1, 0.15) is 0 Å². The molecule has 5 heteroatoms. The number of hydrogen-bond donors (Lipinski definition) is 1. The molecule has 1 aromatic rings. The van der Waals surface area contributed by atoms with Gasteiger partial charge in [-0.05, 0) is 36.5 Å². The van der Waals surface area contributed by atoms with Crippen molar-refractivity contribution in [2.24, 2.45) is 5.92 Å². The number of aliphatic hydroxyl groups excluding tert-OH is 1. The molecule has 2 rings (SSSR count). The molecular formula is C15H20FNO3. The molecule has 1 aromatic carbocycles. The van der Waals surface area contributed by atoms with Gasteiger partial charge < -0.3 is 14.7 Å². The number of carbonyl (C=O) groups is 1. The van der Waals surface area contributed by atoms with E-state index in [0.717, 1.165) is 12.8 Å². The van der Waals surface area contributed by atoms with Crippen molar-refractivity contribution in [3.63, 3.8) is 0 Å². The zero-order chi connectivity index (χ0) is 14.7. The van der Waals surface area contributed by atoms with Crippen molar-refractivity contribution in [3.8, 4) is 5.75 Å². The molecule has 1 fully saturated rings. The fourth-order valence-corrected chi connectivity index (χ4v) is 2.47. The van der Waals surface area contributed by atoms with Gasteiger partial charge in [-0.25, -0.2) is 4.39 Å². The Morgan fingerprint density at radius 2 is 2.20 bits per heavy atom. The van der Waals surface area contributed by atoms with Crippen LogP contribution < -0.4 is 4.74 Å². The van der Waals surface area contributed by atoms with Crippen LogP contribution in [0.2, 0.25) is 0 Å². The normalized spacial score (nSPS) is 21.2. The lowest BCUT2D eigenvalue weighted by Crippen LogP contribution is -2.40. The van der Waals surface area contributed by atoms with Crippen molar-refractivity contribution in [2.75, 3.05) is 20.7 Å². The maximum atomic E-state index is 13.5. The number of hydrogen-bond acceptors (Lipinski definition) is 3. The van der Waals surface area contributed by atoms with E-state index in [-0.39, 0.29) is 24.2 Å². The van der Waals surface area contributed by atoms with Crippen molar-refractivity contribution in [1.82, 2.24) is 4.90 Å². The molecule has 1 N–H and O–H groups in total. The van der Waals surface area contributed by atoms with E-state index in [2.05, 4.69) is 0 Å². The van der Waals surface area contributed by atoms with E-state index in [4.69, 9.17) is 4.74 Å². The van der Waals surface area contributed by atoms with E-state index < -0.39 is 5.82 Å². The smallest absolute Gasteiger partial charge is 0.226 e. The summed E-state index contributed by atoms with van der Waals surface area (Å²) in [6.45, 7) is 0.647. The number of methoxy groups -OCH3 is 1. The molecule has 20 heavy (non-hydrogen) atoms. The van der Waals surface area contributed by atoms with E-state index in [1.165, 1.54) is 19.2 Å². The number of nitrogens with zero attached hydrogens (tertiary/aromatic N) is 1. The second-order valence-corrected chi connectivity index (χ2v) is 5.41. The summed E-state index contributed by atoms with van der Waals surface area (Å²) in [4.78, 5) is 13.7. The first-order chi connectivity index (χ1) is 9.49.